The number of hydrogen-bond acceptors (Lipinski definition) is 2. The number of nitrogens with one attached hydrogen (secondary N) is 1. The van der Waals surface area contributed by atoms with Crippen LogP contribution < -0.4 is 5.32 Å². The fourth-order valence-corrected chi connectivity index (χ4v) is 3.83. The molecule has 1 aromatic heterocycles. The number of carbonyl (C=O) groups is 1. The highest BCUT2D eigenvalue weighted by Crippen LogP contribution is 2.26. The lowest BCUT2D eigenvalue weighted by Gasteiger charge is -2.23. The van der Waals surface area contributed by atoms with Crippen LogP contribution in [0.15, 0.2) is 54.6 Å². The van der Waals surface area contributed by atoms with Crippen molar-refractivity contribution in [2.24, 2.45) is 0 Å². The molecular formula is C23H24N2O. The molecule has 2 aromatic carbocycles. The molecule has 0 bridgehead atoms. The molecule has 3 aromatic rings. The van der Waals surface area contributed by atoms with E-state index in [4.69, 9.17) is 4.98 Å². The summed E-state index contributed by atoms with van der Waals surface area (Å²) in [6.45, 7) is 2.07. The lowest BCUT2D eigenvalue weighted by molar-refractivity contribution is 0.0929. The van der Waals surface area contributed by atoms with Crippen LogP contribution in [0.25, 0.3) is 22.2 Å². The fraction of sp³-hybridized carbons (Fsp3) is 0.304. The van der Waals surface area contributed by atoms with Crippen LogP contribution in [-0.2, 0) is 0 Å². The van der Waals surface area contributed by atoms with E-state index >= 15 is 0 Å². The largest absolute Gasteiger partial charge is 0.349 e. The molecule has 26 heavy (non-hydrogen) atoms. The first kappa shape index (κ1) is 16.8. The number of rotatable bonds is 3. The first-order valence-corrected chi connectivity index (χ1v) is 9.48. The Morgan fingerprint density at radius 1 is 1.00 bits per heavy atom. The quantitative estimate of drug-likeness (QED) is 0.703. The summed E-state index contributed by atoms with van der Waals surface area (Å²) in [6.07, 6.45) is 5.86. The second-order valence-corrected chi connectivity index (χ2v) is 7.25. The van der Waals surface area contributed by atoms with E-state index < -0.39 is 0 Å². The summed E-state index contributed by atoms with van der Waals surface area (Å²) in [7, 11) is 0. The van der Waals surface area contributed by atoms with Gasteiger partial charge >= 0.3 is 0 Å². The first-order chi connectivity index (χ1) is 12.7. The predicted octanol–water partition coefficient (Wildman–Crippen LogP) is 5.27. The maximum atomic E-state index is 13.0. The van der Waals surface area contributed by atoms with Crippen molar-refractivity contribution in [3.05, 3.63) is 65.7 Å². The molecule has 0 saturated heterocycles. The molecule has 1 heterocycles. The highest BCUT2D eigenvalue weighted by Gasteiger charge is 2.19. The van der Waals surface area contributed by atoms with E-state index in [1.54, 1.807) is 0 Å². The van der Waals surface area contributed by atoms with E-state index in [-0.39, 0.29) is 5.91 Å². The smallest absolute Gasteiger partial charge is 0.252 e. The van der Waals surface area contributed by atoms with Gasteiger partial charge in [0.1, 0.15) is 0 Å². The first-order valence-electron chi connectivity index (χ1n) is 9.48. The van der Waals surface area contributed by atoms with Crippen LogP contribution in [0, 0.1) is 6.92 Å². The van der Waals surface area contributed by atoms with Crippen LogP contribution in [0.2, 0.25) is 0 Å². The van der Waals surface area contributed by atoms with Crippen LogP contribution in [-0.4, -0.2) is 16.9 Å². The van der Waals surface area contributed by atoms with Crippen molar-refractivity contribution in [1.82, 2.24) is 10.3 Å². The molecule has 3 nitrogen and oxygen atoms in total. The predicted molar refractivity (Wildman–Crippen MR) is 106 cm³/mol. The van der Waals surface area contributed by atoms with Crippen LogP contribution in [0.4, 0.5) is 0 Å². The van der Waals surface area contributed by atoms with Crippen molar-refractivity contribution >= 4 is 16.8 Å². The molecular weight excluding hydrogens is 320 g/mol. The van der Waals surface area contributed by atoms with Gasteiger partial charge in [0.05, 0.1) is 16.8 Å². The summed E-state index contributed by atoms with van der Waals surface area (Å²) < 4.78 is 0. The van der Waals surface area contributed by atoms with Gasteiger partial charge < -0.3 is 5.32 Å². The Bertz CT molecular complexity index is 942. The number of benzene rings is 2. The normalized spacial score (nSPS) is 15.1. The van der Waals surface area contributed by atoms with Crippen molar-refractivity contribution in [3.8, 4) is 11.3 Å². The molecule has 0 spiro atoms. The molecule has 1 aliphatic carbocycles. The third kappa shape index (κ3) is 3.48. The van der Waals surface area contributed by atoms with Gasteiger partial charge in [0.25, 0.3) is 5.91 Å². The average Bonchev–Trinajstić information content (AvgIpc) is 2.68. The molecule has 0 atom stereocenters. The summed E-state index contributed by atoms with van der Waals surface area (Å²) in [5, 5.41) is 4.16. The molecule has 1 amide bonds. The van der Waals surface area contributed by atoms with Crippen molar-refractivity contribution in [2.45, 2.75) is 45.1 Å². The van der Waals surface area contributed by atoms with Crippen molar-refractivity contribution < 1.29 is 4.79 Å². The third-order valence-corrected chi connectivity index (χ3v) is 5.22. The van der Waals surface area contributed by atoms with Gasteiger partial charge in [-0.25, -0.2) is 4.98 Å². The Hall–Kier alpha value is -2.68. The van der Waals surface area contributed by atoms with Gasteiger partial charge in [-0.05, 0) is 38.0 Å². The number of amides is 1. The highest BCUT2D eigenvalue weighted by molar-refractivity contribution is 6.07. The highest BCUT2D eigenvalue weighted by atomic mass is 16.1. The Morgan fingerprint density at radius 2 is 1.81 bits per heavy atom. The van der Waals surface area contributed by atoms with E-state index in [1.165, 1.54) is 24.8 Å². The Morgan fingerprint density at radius 3 is 2.62 bits per heavy atom. The number of fused-ring (bicyclic) bond motifs is 1. The minimum atomic E-state index is 0.0180. The van der Waals surface area contributed by atoms with Gasteiger partial charge in [-0.2, -0.15) is 0 Å². The third-order valence-electron chi connectivity index (χ3n) is 5.22. The molecule has 4 rings (SSSR count). The standard InChI is InChI=1S/C23H24N2O/c1-16-8-7-9-17(14-16)22-15-20(19-12-5-6-13-21(19)25-22)23(26)24-18-10-3-2-4-11-18/h5-9,12-15,18H,2-4,10-11H2,1H3,(H,24,26). The summed E-state index contributed by atoms with van der Waals surface area (Å²) in [5.41, 5.74) is 4.66. The molecule has 0 unspecified atom stereocenters. The lowest BCUT2D eigenvalue weighted by atomic mass is 9.95. The molecule has 132 valence electrons. The van der Waals surface area contributed by atoms with Crippen LogP contribution in [0.3, 0.4) is 0 Å². The van der Waals surface area contributed by atoms with E-state index in [9.17, 15) is 4.79 Å². The minimum absolute atomic E-state index is 0.0180. The second-order valence-electron chi connectivity index (χ2n) is 7.25. The topological polar surface area (TPSA) is 42.0 Å². The average molecular weight is 344 g/mol. The number of nitrogens with zero attached hydrogens (tertiary/aromatic N) is 1. The van der Waals surface area contributed by atoms with Gasteiger partial charge in [-0.15, -0.1) is 0 Å². The van der Waals surface area contributed by atoms with Gasteiger partial charge in [-0.1, -0.05) is 61.2 Å². The number of carbonyl (C=O) groups excluding carboxylic acids is 1. The fourth-order valence-electron chi connectivity index (χ4n) is 3.83. The van der Waals surface area contributed by atoms with Crippen LogP contribution >= 0.6 is 0 Å². The van der Waals surface area contributed by atoms with Gasteiger partial charge in [0.15, 0.2) is 0 Å². The lowest BCUT2D eigenvalue weighted by Crippen LogP contribution is -2.36. The second kappa shape index (κ2) is 7.28. The molecule has 0 aliphatic heterocycles. The zero-order valence-corrected chi connectivity index (χ0v) is 15.2. The molecule has 1 saturated carbocycles. The maximum absolute atomic E-state index is 13.0. The Kier molecular flexibility index (Phi) is 4.70. The zero-order chi connectivity index (χ0) is 17.9. The number of aromatic nitrogens is 1. The Labute approximate surface area is 154 Å². The minimum Gasteiger partial charge on any atom is -0.349 e. The van der Waals surface area contributed by atoms with E-state index in [0.29, 0.717) is 6.04 Å². The molecule has 1 N–H and O–H groups in total. The number of hydrogen-bond donors (Lipinski definition) is 1. The number of para-hydroxylation sites is 1. The van der Waals surface area contributed by atoms with Gasteiger partial charge in [-0.3, -0.25) is 4.79 Å². The van der Waals surface area contributed by atoms with E-state index in [1.807, 2.05) is 42.5 Å². The summed E-state index contributed by atoms with van der Waals surface area (Å²) in [4.78, 5) is 17.8. The monoisotopic (exact) mass is 344 g/mol. The van der Waals surface area contributed by atoms with E-state index in [2.05, 4.69) is 24.4 Å². The molecule has 3 heteroatoms. The molecule has 0 radical (unpaired) electrons. The zero-order valence-electron chi connectivity index (χ0n) is 15.2. The SMILES string of the molecule is Cc1cccc(-c2cc(C(=O)NC3CCCCC3)c3ccccc3n2)c1. The summed E-state index contributed by atoms with van der Waals surface area (Å²) in [6, 6.07) is 18.4. The van der Waals surface area contributed by atoms with Crippen LogP contribution in [0.1, 0.15) is 48.0 Å². The number of pyridine rings is 1. The van der Waals surface area contributed by atoms with Crippen molar-refractivity contribution in [1.29, 1.82) is 0 Å². The van der Waals surface area contributed by atoms with Crippen molar-refractivity contribution in [2.75, 3.05) is 0 Å². The van der Waals surface area contributed by atoms with Gasteiger partial charge in [0, 0.05) is 17.0 Å². The van der Waals surface area contributed by atoms with Gasteiger partial charge in [0.2, 0.25) is 0 Å². The maximum Gasteiger partial charge on any atom is 0.252 e. The van der Waals surface area contributed by atoms with E-state index in [0.717, 1.165) is 40.6 Å². The summed E-state index contributed by atoms with van der Waals surface area (Å²) in [5.74, 6) is 0.0180. The number of aryl methyl sites for hydroxylation is 1. The molecule has 1 aliphatic rings. The van der Waals surface area contributed by atoms with Crippen LogP contribution in [0.5, 0.6) is 0 Å². The Balaban J connectivity index is 1.75. The summed E-state index contributed by atoms with van der Waals surface area (Å²) >= 11 is 0. The molecule has 1 fully saturated rings. The van der Waals surface area contributed by atoms with Crippen molar-refractivity contribution in [3.63, 3.8) is 0 Å².